The normalized spacial score (nSPS) is 10.3. The summed E-state index contributed by atoms with van der Waals surface area (Å²) in [6.07, 6.45) is 0. The fourth-order valence-corrected chi connectivity index (χ4v) is 7.95. The molecular formula is C58H52N6. The van der Waals surface area contributed by atoms with Crippen LogP contribution in [0.15, 0.2) is 243 Å². The van der Waals surface area contributed by atoms with Crippen LogP contribution in [0.25, 0.3) is 101 Å². The lowest BCUT2D eigenvalue weighted by Gasteiger charge is -2.15. The lowest BCUT2D eigenvalue weighted by atomic mass is 9.95. The molecule has 10 rings (SSSR count). The molecule has 314 valence electrons. The highest BCUT2D eigenvalue weighted by atomic mass is 14.8. The van der Waals surface area contributed by atoms with Gasteiger partial charge in [0.05, 0.1) is 22.8 Å². The fraction of sp³-hybridized carbons (Fsp3) is 0. The Labute approximate surface area is 376 Å². The molecule has 0 radical (unpaired) electrons. The third-order valence-electron chi connectivity index (χ3n) is 11.1. The summed E-state index contributed by atoms with van der Waals surface area (Å²) in [6.45, 7) is 0. The predicted molar refractivity (Wildman–Crippen MR) is 271 cm³/mol. The molecule has 0 saturated heterocycles. The average Bonchev–Trinajstić information content (AvgIpc) is 3.35. The molecule has 10 aromatic rings. The van der Waals surface area contributed by atoms with Gasteiger partial charge in [0.1, 0.15) is 0 Å². The summed E-state index contributed by atoms with van der Waals surface area (Å²) in [7, 11) is 0. The maximum absolute atomic E-state index is 5.45. The minimum atomic E-state index is 0. The topological polar surface area (TPSA) is 166 Å². The first-order valence-corrected chi connectivity index (χ1v) is 20.4. The maximum atomic E-state index is 5.45. The van der Waals surface area contributed by atoms with Crippen LogP contribution in [0.2, 0.25) is 0 Å². The van der Waals surface area contributed by atoms with E-state index in [-0.39, 0.29) is 24.6 Å². The van der Waals surface area contributed by atoms with Gasteiger partial charge in [-0.2, -0.15) is 0 Å². The van der Waals surface area contributed by atoms with Gasteiger partial charge in [-0.3, -0.25) is 0 Å². The quantitative estimate of drug-likeness (QED) is 0.113. The third-order valence-corrected chi connectivity index (χ3v) is 11.1. The Kier molecular flexibility index (Phi) is 14.7. The lowest BCUT2D eigenvalue weighted by Crippen LogP contribution is -1.96. The standard InChI is InChI=1S/C58H40N2.4H3N/c1-5-17-41(18-6-1)45-25-13-29-49(33-45)53-37-55(51-31-15-27-47(35-51)43-21-9-3-10-22-43)59-57(39-53)58-40-54(50-30-14-26-46(34-50)42-19-7-2-8-20-42)38-56(60-58)52-32-16-28-48(36-52)44-23-11-4-12-24-44;;;;/h1-40H;4*1H3. The van der Waals surface area contributed by atoms with Gasteiger partial charge in [0.25, 0.3) is 0 Å². The van der Waals surface area contributed by atoms with E-state index in [1.807, 2.05) is 0 Å². The predicted octanol–water partition coefficient (Wildman–Crippen LogP) is 16.1. The molecule has 8 aromatic carbocycles. The molecule has 0 aliphatic rings. The van der Waals surface area contributed by atoms with Gasteiger partial charge in [-0.25, -0.2) is 9.97 Å². The van der Waals surface area contributed by atoms with Gasteiger partial charge in [0, 0.05) is 11.1 Å². The zero-order chi connectivity index (χ0) is 40.1. The summed E-state index contributed by atoms with van der Waals surface area (Å²) in [5, 5.41) is 0. The molecule has 64 heavy (non-hydrogen) atoms. The Balaban J connectivity index is 0.00000170. The molecule has 0 amide bonds. The molecule has 0 bridgehead atoms. The molecule has 12 N–H and O–H groups in total. The van der Waals surface area contributed by atoms with E-state index >= 15 is 0 Å². The van der Waals surface area contributed by atoms with E-state index in [4.69, 9.17) is 9.97 Å². The zero-order valence-corrected chi connectivity index (χ0v) is 35.8. The first-order chi connectivity index (χ1) is 29.7. The summed E-state index contributed by atoms with van der Waals surface area (Å²) in [6, 6.07) is 85.9. The third kappa shape index (κ3) is 9.83. The Hall–Kier alpha value is -8.10. The molecule has 2 heterocycles. The van der Waals surface area contributed by atoms with Crippen LogP contribution < -0.4 is 24.6 Å². The van der Waals surface area contributed by atoms with E-state index in [2.05, 4.69) is 243 Å². The van der Waals surface area contributed by atoms with Crippen molar-refractivity contribution in [2.45, 2.75) is 0 Å². The highest BCUT2D eigenvalue weighted by Crippen LogP contribution is 2.37. The van der Waals surface area contributed by atoms with Gasteiger partial charge in [0.2, 0.25) is 0 Å². The molecular weight excluding hydrogens is 781 g/mol. The number of hydrogen-bond acceptors (Lipinski definition) is 6. The average molecular weight is 833 g/mol. The molecule has 0 spiro atoms. The molecule has 2 aromatic heterocycles. The Bertz CT molecular complexity index is 2670. The van der Waals surface area contributed by atoms with Crippen LogP contribution in [0.3, 0.4) is 0 Å². The van der Waals surface area contributed by atoms with Gasteiger partial charge in [-0.15, -0.1) is 0 Å². The first-order valence-electron chi connectivity index (χ1n) is 20.4. The van der Waals surface area contributed by atoms with Crippen molar-refractivity contribution in [2.24, 2.45) is 0 Å². The van der Waals surface area contributed by atoms with Gasteiger partial charge < -0.3 is 24.6 Å². The van der Waals surface area contributed by atoms with Crippen molar-refractivity contribution in [1.82, 2.24) is 34.6 Å². The van der Waals surface area contributed by atoms with Gasteiger partial charge in [-0.05, 0) is 115 Å². The van der Waals surface area contributed by atoms with Crippen LogP contribution in [0.5, 0.6) is 0 Å². The summed E-state index contributed by atoms with van der Waals surface area (Å²) in [4.78, 5) is 10.9. The van der Waals surface area contributed by atoms with E-state index in [0.717, 1.165) is 78.4 Å². The monoisotopic (exact) mass is 832 g/mol. The molecule has 0 atom stereocenters. The molecule has 0 unspecified atom stereocenters. The Morgan fingerprint density at radius 3 is 0.641 bits per heavy atom. The van der Waals surface area contributed by atoms with E-state index in [1.165, 1.54) is 22.3 Å². The van der Waals surface area contributed by atoms with E-state index < -0.39 is 0 Å². The maximum Gasteiger partial charge on any atom is 0.0900 e. The number of hydrogen-bond donors (Lipinski definition) is 4. The van der Waals surface area contributed by atoms with E-state index in [0.29, 0.717) is 0 Å². The first kappa shape index (κ1) is 45.4. The van der Waals surface area contributed by atoms with E-state index in [1.54, 1.807) is 0 Å². The number of pyridine rings is 2. The second-order valence-corrected chi connectivity index (χ2v) is 15.0. The van der Waals surface area contributed by atoms with Gasteiger partial charge >= 0.3 is 0 Å². The van der Waals surface area contributed by atoms with Crippen molar-refractivity contribution in [3.05, 3.63) is 243 Å². The van der Waals surface area contributed by atoms with Crippen molar-refractivity contribution in [1.29, 1.82) is 0 Å². The highest BCUT2D eigenvalue weighted by Gasteiger charge is 2.16. The summed E-state index contributed by atoms with van der Waals surface area (Å²) in [5.74, 6) is 0. The Morgan fingerprint density at radius 1 is 0.156 bits per heavy atom. The van der Waals surface area contributed by atoms with Crippen LogP contribution in [0.4, 0.5) is 0 Å². The number of rotatable bonds is 9. The van der Waals surface area contributed by atoms with Gasteiger partial charge in [-0.1, -0.05) is 194 Å². The molecule has 6 nitrogen and oxygen atoms in total. The van der Waals surface area contributed by atoms with Crippen molar-refractivity contribution in [3.63, 3.8) is 0 Å². The summed E-state index contributed by atoms with van der Waals surface area (Å²) in [5.41, 5.74) is 19.2. The van der Waals surface area contributed by atoms with E-state index in [9.17, 15) is 0 Å². The van der Waals surface area contributed by atoms with Crippen molar-refractivity contribution in [3.8, 4) is 101 Å². The summed E-state index contributed by atoms with van der Waals surface area (Å²) < 4.78 is 0. The van der Waals surface area contributed by atoms with Gasteiger partial charge in [0.15, 0.2) is 0 Å². The van der Waals surface area contributed by atoms with Crippen molar-refractivity contribution < 1.29 is 0 Å². The Morgan fingerprint density at radius 2 is 0.359 bits per heavy atom. The largest absolute Gasteiger partial charge is 0.344 e. The van der Waals surface area contributed by atoms with Crippen molar-refractivity contribution in [2.75, 3.05) is 0 Å². The number of aromatic nitrogens is 2. The van der Waals surface area contributed by atoms with Crippen LogP contribution in [0.1, 0.15) is 0 Å². The van der Waals surface area contributed by atoms with Crippen molar-refractivity contribution >= 4 is 0 Å². The molecule has 0 aliphatic carbocycles. The molecule has 0 aliphatic heterocycles. The smallest absolute Gasteiger partial charge is 0.0900 e. The van der Waals surface area contributed by atoms with Crippen LogP contribution in [-0.4, -0.2) is 9.97 Å². The van der Waals surface area contributed by atoms with Crippen LogP contribution >= 0.6 is 0 Å². The van der Waals surface area contributed by atoms with Crippen LogP contribution in [-0.2, 0) is 0 Å². The minimum Gasteiger partial charge on any atom is -0.344 e. The lowest BCUT2D eigenvalue weighted by molar-refractivity contribution is 1.25. The second kappa shape index (κ2) is 20.6. The minimum absolute atomic E-state index is 0. The molecule has 0 saturated carbocycles. The number of benzene rings is 8. The second-order valence-electron chi connectivity index (χ2n) is 15.0. The highest BCUT2D eigenvalue weighted by molar-refractivity contribution is 5.84. The fourth-order valence-electron chi connectivity index (χ4n) is 7.95. The molecule has 0 fully saturated rings. The number of nitrogens with zero attached hydrogens (tertiary/aromatic N) is 2. The SMILES string of the molecule is N.N.N.N.c1ccc(-c2cccc(-c3cc(-c4cccc(-c5ccccc5)c4)nc(-c4cc(-c5cccc(-c6ccccc6)c5)cc(-c5cccc(-c6ccccc6)c5)n4)c3)c2)cc1. The summed E-state index contributed by atoms with van der Waals surface area (Å²) >= 11 is 0. The molecule has 6 heteroatoms. The zero-order valence-electron chi connectivity index (χ0n) is 35.8. The van der Waals surface area contributed by atoms with Crippen LogP contribution in [0, 0.1) is 0 Å².